The second-order valence-corrected chi connectivity index (χ2v) is 5.22. The lowest BCUT2D eigenvalue weighted by Gasteiger charge is -2.40. The molecule has 0 aromatic carbocycles. The second-order valence-electron chi connectivity index (χ2n) is 5.22. The molecule has 1 atom stereocenters. The van der Waals surface area contributed by atoms with Crippen molar-refractivity contribution in [3.8, 4) is 6.07 Å². The minimum atomic E-state index is -0.000162. The first-order chi connectivity index (χ1) is 6.68. The molecule has 2 saturated heterocycles. The predicted molar refractivity (Wildman–Crippen MR) is 56.6 cm³/mol. The van der Waals surface area contributed by atoms with E-state index in [-0.39, 0.29) is 5.54 Å². The third-order valence-corrected chi connectivity index (χ3v) is 4.75. The van der Waals surface area contributed by atoms with Crippen molar-refractivity contribution in [2.24, 2.45) is 0 Å². The highest BCUT2D eigenvalue weighted by Crippen LogP contribution is 2.51. The van der Waals surface area contributed by atoms with Gasteiger partial charge >= 0.3 is 0 Å². The summed E-state index contributed by atoms with van der Waals surface area (Å²) in [5.41, 5.74) is -0.000162. The van der Waals surface area contributed by atoms with Gasteiger partial charge in [-0.15, -0.1) is 0 Å². The Morgan fingerprint density at radius 2 is 2.07 bits per heavy atom. The standard InChI is InChI=1S/C12H21N2/c1-3-4-9-14(2)11-5-7-12(14,10-13)8-6-11/h11H,3-9H2,1-2H3/q+1. The molecule has 0 radical (unpaired) electrons. The number of hydrogen-bond acceptors (Lipinski definition) is 1. The maximum absolute atomic E-state index is 9.41. The molecule has 2 aliphatic heterocycles. The van der Waals surface area contributed by atoms with Crippen LogP contribution in [0.1, 0.15) is 45.4 Å². The van der Waals surface area contributed by atoms with Gasteiger partial charge in [-0.2, -0.15) is 5.26 Å². The molecule has 0 spiro atoms. The summed E-state index contributed by atoms with van der Waals surface area (Å²) in [4.78, 5) is 0. The normalized spacial score (nSPS) is 45.4. The van der Waals surface area contributed by atoms with Crippen molar-refractivity contribution in [1.29, 1.82) is 5.26 Å². The largest absolute Gasteiger partial charge is 0.307 e. The number of hydrogen-bond donors (Lipinski definition) is 0. The van der Waals surface area contributed by atoms with Crippen LogP contribution < -0.4 is 0 Å². The molecule has 0 amide bonds. The molecular formula is C12H21N2+. The van der Waals surface area contributed by atoms with Gasteiger partial charge in [-0.05, 0) is 6.42 Å². The molecule has 2 heteroatoms. The van der Waals surface area contributed by atoms with E-state index >= 15 is 0 Å². The lowest BCUT2D eigenvalue weighted by atomic mass is 9.89. The van der Waals surface area contributed by atoms with E-state index in [2.05, 4.69) is 20.0 Å². The summed E-state index contributed by atoms with van der Waals surface area (Å²) in [7, 11) is 2.32. The van der Waals surface area contributed by atoms with Crippen LogP contribution in [-0.2, 0) is 0 Å². The summed E-state index contributed by atoms with van der Waals surface area (Å²) in [6.45, 7) is 3.46. The Kier molecular flexibility index (Phi) is 2.31. The lowest BCUT2D eigenvalue weighted by molar-refractivity contribution is -0.946. The van der Waals surface area contributed by atoms with Crippen molar-refractivity contribution in [3.05, 3.63) is 0 Å². The second kappa shape index (κ2) is 3.24. The first-order valence-electron chi connectivity index (χ1n) is 5.95. The maximum Gasteiger partial charge on any atom is 0.186 e. The van der Waals surface area contributed by atoms with Crippen LogP contribution >= 0.6 is 0 Å². The molecule has 0 aliphatic carbocycles. The summed E-state index contributed by atoms with van der Waals surface area (Å²) >= 11 is 0. The maximum atomic E-state index is 9.41. The third kappa shape index (κ3) is 1.05. The molecule has 2 aliphatic rings. The number of rotatable bonds is 3. The summed E-state index contributed by atoms with van der Waals surface area (Å²) in [6.07, 6.45) is 7.39. The Morgan fingerprint density at radius 3 is 2.57 bits per heavy atom. The SMILES string of the molecule is CCCC[N+]1(C)C2CCC1(C#N)CC2. The van der Waals surface area contributed by atoms with Gasteiger partial charge in [0.1, 0.15) is 6.07 Å². The van der Waals surface area contributed by atoms with Gasteiger partial charge in [0, 0.05) is 25.7 Å². The monoisotopic (exact) mass is 193 g/mol. The van der Waals surface area contributed by atoms with E-state index in [1.54, 1.807) is 0 Å². The molecular weight excluding hydrogens is 172 g/mol. The third-order valence-electron chi connectivity index (χ3n) is 4.75. The summed E-state index contributed by atoms with van der Waals surface area (Å²) < 4.78 is 1.07. The number of unbranched alkanes of at least 4 members (excludes halogenated alkanes) is 1. The summed E-state index contributed by atoms with van der Waals surface area (Å²) in [5.74, 6) is 0. The van der Waals surface area contributed by atoms with Gasteiger partial charge in [0.15, 0.2) is 5.54 Å². The number of quaternary nitrogens is 1. The van der Waals surface area contributed by atoms with E-state index in [1.807, 2.05) is 0 Å². The molecule has 1 unspecified atom stereocenters. The number of nitrogens with zero attached hydrogens (tertiary/aromatic N) is 2. The summed E-state index contributed by atoms with van der Waals surface area (Å²) in [6, 6.07) is 3.43. The first kappa shape index (κ1) is 9.98. The van der Waals surface area contributed by atoms with Crippen molar-refractivity contribution in [2.75, 3.05) is 13.6 Å². The molecule has 2 heterocycles. The Morgan fingerprint density at radius 1 is 1.43 bits per heavy atom. The average Bonchev–Trinajstić information content (AvgIpc) is 2.66. The highest BCUT2D eigenvalue weighted by molar-refractivity contribution is 5.10. The van der Waals surface area contributed by atoms with Gasteiger partial charge in [0.2, 0.25) is 0 Å². The number of nitriles is 1. The van der Waals surface area contributed by atoms with Gasteiger partial charge in [-0.25, -0.2) is 0 Å². The molecule has 2 bridgehead atoms. The van der Waals surface area contributed by atoms with Crippen molar-refractivity contribution < 1.29 is 4.48 Å². The quantitative estimate of drug-likeness (QED) is 0.632. The fourth-order valence-corrected chi connectivity index (χ4v) is 3.62. The Bertz CT molecular complexity index is 258. The Labute approximate surface area is 87.1 Å². The Hall–Kier alpha value is -0.550. The van der Waals surface area contributed by atoms with E-state index in [0.29, 0.717) is 0 Å². The molecule has 0 saturated carbocycles. The predicted octanol–water partition coefficient (Wildman–Crippen LogP) is 2.45. The number of fused-ring (bicyclic) bond motifs is 2. The van der Waals surface area contributed by atoms with Crippen molar-refractivity contribution >= 4 is 0 Å². The van der Waals surface area contributed by atoms with Crippen LogP contribution in [0.15, 0.2) is 0 Å². The fourth-order valence-electron chi connectivity index (χ4n) is 3.62. The molecule has 0 N–H and O–H groups in total. The van der Waals surface area contributed by atoms with Crippen molar-refractivity contribution in [3.63, 3.8) is 0 Å². The van der Waals surface area contributed by atoms with Crippen LogP contribution in [0.3, 0.4) is 0 Å². The smallest absolute Gasteiger partial charge is 0.186 e. The summed E-state index contributed by atoms with van der Waals surface area (Å²) in [5, 5.41) is 9.41. The van der Waals surface area contributed by atoms with Crippen LogP contribution in [0.25, 0.3) is 0 Å². The Balaban J connectivity index is 2.21. The van der Waals surface area contributed by atoms with Gasteiger partial charge in [-0.3, -0.25) is 0 Å². The van der Waals surface area contributed by atoms with Gasteiger partial charge in [0.25, 0.3) is 0 Å². The van der Waals surface area contributed by atoms with Crippen LogP contribution in [0.5, 0.6) is 0 Å². The van der Waals surface area contributed by atoms with E-state index in [4.69, 9.17) is 0 Å². The van der Waals surface area contributed by atoms with Crippen molar-refractivity contribution in [2.45, 2.75) is 57.0 Å². The van der Waals surface area contributed by atoms with E-state index < -0.39 is 0 Å². The minimum absolute atomic E-state index is 0.000162. The average molecular weight is 193 g/mol. The van der Waals surface area contributed by atoms with E-state index in [9.17, 15) is 5.26 Å². The molecule has 2 nitrogen and oxygen atoms in total. The van der Waals surface area contributed by atoms with Crippen LogP contribution in [0, 0.1) is 11.3 Å². The molecule has 2 rings (SSSR count). The van der Waals surface area contributed by atoms with Gasteiger partial charge in [-0.1, -0.05) is 13.3 Å². The van der Waals surface area contributed by atoms with Crippen LogP contribution in [-0.4, -0.2) is 29.7 Å². The van der Waals surface area contributed by atoms with Crippen molar-refractivity contribution in [1.82, 2.24) is 0 Å². The topological polar surface area (TPSA) is 23.8 Å². The highest BCUT2D eigenvalue weighted by atomic mass is 15.4. The molecule has 14 heavy (non-hydrogen) atoms. The zero-order valence-electron chi connectivity index (χ0n) is 9.42. The zero-order chi connectivity index (χ0) is 10.2. The minimum Gasteiger partial charge on any atom is -0.307 e. The molecule has 0 aromatic rings. The van der Waals surface area contributed by atoms with Gasteiger partial charge in [0.05, 0.1) is 19.6 Å². The van der Waals surface area contributed by atoms with E-state index in [1.165, 1.54) is 32.2 Å². The van der Waals surface area contributed by atoms with Gasteiger partial charge < -0.3 is 4.48 Å². The fraction of sp³-hybridized carbons (Fsp3) is 0.917. The van der Waals surface area contributed by atoms with E-state index in [0.717, 1.165) is 23.4 Å². The molecule has 2 fully saturated rings. The zero-order valence-corrected chi connectivity index (χ0v) is 9.42. The van der Waals surface area contributed by atoms with Crippen LogP contribution in [0.4, 0.5) is 0 Å². The van der Waals surface area contributed by atoms with Crippen LogP contribution in [0.2, 0.25) is 0 Å². The first-order valence-corrected chi connectivity index (χ1v) is 5.95. The molecule has 78 valence electrons. The highest BCUT2D eigenvalue weighted by Gasteiger charge is 2.62. The lowest BCUT2D eigenvalue weighted by Crippen LogP contribution is -2.56. The molecule has 0 aromatic heterocycles.